The van der Waals surface area contributed by atoms with Gasteiger partial charge in [-0.05, 0) is 36.8 Å². The van der Waals surface area contributed by atoms with E-state index in [4.69, 9.17) is 20.2 Å². The third kappa shape index (κ3) is 5.33. The molecule has 11 heteroatoms. The van der Waals surface area contributed by atoms with E-state index in [0.29, 0.717) is 34.2 Å². The molecule has 0 aliphatic heterocycles. The van der Waals surface area contributed by atoms with Crippen molar-refractivity contribution in [2.45, 2.75) is 24.7 Å². The topological polar surface area (TPSA) is 159 Å². The Labute approximate surface area is 230 Å². The normalized spacial score (nSPS) is 19.1. The van der Waals surface area contributed by atoms with E-state index in [1.807, 2.05) is 42.5 Å². The second kappa shape index (κ2) is 11.9. The summed E-state index contributed by atoms with van der Waals surface area (Å²) in [6.07, 6.45) is 13.5. The Balaban J connectivity index is 1.60. The number of aromatic nitrogens is 6. The molecule has 0 bridgehead atoms. The fraction of sp³-hybridized carbons (Fsp3) is 0.207. The van der Waals surface area contributed by atoms with E-state index in [0.717, 1.165) is 5.56 Å². The highest BCUT2D eigenvalue weighted by molar-refractivity contribution is 5.76. The molecule has 1 aliphatic rings. The third-order valence-electron chi connectivity index (χ3n) is 6.68. The van der Waals surface area contributed by atoms with Crippen LogP contribution in [0.4, 0.5) is 0 Å². The maximum Gasteiger partial charge on any atom is 0.320 e. The first-order chi connectivity index (χ1) is 19.5. The number of ether oxygens (including phenoxy) is 2. The highest BCUT2D eigenvalue weighted by atomic mass is 16.5. The van der Waals surface area contributed by atoms with Crippen molar-refractivity contribution < 1.29 is 19.4 Å². The summed E-state index contributed by atoms with van der Waals surface area (Å²) in [6.45, 7) is 0.0454. The van der Waals surface area contributed by atoms with Crippen LogP contribution in [0.1, 0.15) is 23.5 Å². The van der Waals surface area contributed by atoms with Crippen LogP contribution in [0, 0.1) is 5.92 Å². The Morgan fingerprint density at radius 1 is 1.05 bits per heavy atom. The SMILES string of the molecule is COc1ccccc1-c1nccc(COC2(c3ccncn3)C(c3ccncn3)=CC=CC2CC(N)C(=O)O)n1. The van der Waals surface area contributed by atoms with Crippen LogP contribution in [0.3, 0.4) is 0 Å². The van der Waals surface area contributed by atoms with Crippen LogP contribution in [0.5, 0.6) is 5.75 Å². The van der Waals surface area contributed by atoms with Gasteiger partial charge in [-0.3, -0.25) is 4.79 Å². The lowest BCUT2D eigenvalue weighted by Gasteiger charge is -2.42. The fourth-order valence-corrected chi connectivity index (χ4v) is 4.81. The smallest absolute Gasteiger partial charge is 0.320 e. The number of para-hydroxylation sites is 1. The van der Waals surface area contributed by atoms with Gasteiger partial charge < -0.3 is 20.3 Å². The van der Waals surface area contributed by atoms with Gasteiger partial charge in [-0.15, -0.1) is 0 Å². The lowest BCUT2D eigenvalue weighted by Crippen LogP contribution is -2.45. The van der Waals surface area contributed by atoms with Gasteiger partial charge in [-0.1, -0.05) is 30.4 Å². The van der Waals surface area contributed by atoms with E-state index >= 15 is 0 Å². The van der Waals surface area contributed by atoms with Crippen LogP contribution in [0.15, 0.2) is 91.9 Å². The zero-order valence-corrected chi connectivity index (χ0v) is 21.7. The Kier molecular flexibility index (Phi) is 7.94. The molecule has 0 spiro atoms. The summed E-state index contributed by atoms with van der Waals surface area (Å²) in [6, 6.07) is 11.6. The van der Waals surface area contributed by atoms with Gasteiger partial charge in [0, 0.05) is 30.1 Å². The molecule has 0 amide bonds. The maximum atomic E-state index is 11.8. The molecule has 1 aliphatic carbocycles. The summed E-state index contributed by atoms with van der Waals surface area (Å²) in [5.74, 6) is -0.499. The monoisotopic (exact) mass is 537 g/mol. The standard InChI is InChI=1S/C29H27N7O4/c1-39-25-8-3-2-6-21(25)27-33-14-9-20(36-27)16-40-29(26-11-13-32-18-35-26)19(15-23(30)28(37)38)5-4-7-22(29)24-10-12-31-17-34-24/h2-14,17-19,23H,15-16,30H2,1H3,(H,37,38). The van der Waals surface area contributed by atoms with E-state index in [2.05, 4.69) is 24.9 Å². The summed E-state index contributed by atoms with van der Waals surface area (Å²) >= 11 is 0. The van der Waals surface area contributed by atoms with Crippen molar-refractivity contribution in [2.24, 2.45) is 11.7 Å². The van der Waals surface area contributed by atoms with E-state index in [1.165, 1.54) is 12.7 Å². The summed E-state index contributed by atoms with van der Waals surface area (Å²) in [7, 11) is 1.59. The van der Waals surface area contributed by atoms with E-state index < -0.39 is 23.5 Å². The predicted molar refractivity (Wildman–Crippen MR) is 145 cm³/mol. The van der Waals surface area contributed by atoms with Gasteiger partial charge in [-0.25, -0.2) is 29.9 Å². The molecule has 40 heavy (non-hydrogen) atoms. The molecule has 5 rings (SSSR count). The van der Waals surface area contributed by atoms with Gasteiger partial charge in [0.05, 0.1) is 36.4 Å². The zero-order chi connectivity index (χ0) is 28.0. The Hall–Kier alpha value is -4.87. The third-order valence-corrected chi connectivity index (χ3v) is 6.68. The minimum atomic E-state index is -1.27. The highest BCUT2D eigenvalue weighted by Crippen LogP contribution is 2.49. The molecule has 11 nitrogen and oxygen atoms in total. The molecular weight excluding hydrogens is 510 g/mol. The van der Waals surface area contributed by atoms with Crippen LogP contribution < -0.4 is 10.5 Å². The molecule has 0 saturated heterocycles. The summed E-state index contributed by atoms with van der Waals surface area (Å²) in [4.78, 5) is 38.1. The number of nitrogens with two attached hydrogens (primary N) is 1. The Morgan fingerprint density at radius 2 is 1.85 bits per heavy atom. The number of hydrogen-bond donors (Lipinski definition) is 2. The van der Waals surface area contributed by atoms with E-state index in [1.54, 1.807) is 43.9 Å². The zero-order valence-electron chi connectivity index (χ0n) is 21.7. The van der Waals surface area contributed by atoms with Crippen LogP contribution >= 0.6 is 0 Å². The molecule has 1 aromatic carbocycles. The second-order valence-electron chi connectivity index (χ2n) is 9.04. The van der Waals surface area contributed by atoms with Gasteiger partial charge in [0.1, 0.15) is 30.0 Å². The number of carboxylic acid groups (broad SMARTS) is 1. The van der Waals surface area contributed by atoms with Crippen molar-refractivity contribution >= 4 is 11.5 Å². The summed E-state index contributed by atoms with van der Waals surface area (Å²) in [5, 5.41) is 9.65. The van der Waals surface area contributed by atoms with Crippen molar-refractivity contribution in [3.63, 3.8) is 0 Å². The number of nitrogens with zero attached hydrogens (tertiary/aromatic N) is 6. The first-order valence-electron chi connectivity index (χ1n) is 12.5. The largest absolute Gasteiger partial charge is 0.496 e. The first-order valence-corrected chi connectivity index (χ1v) is 12.5. The number of carboxylic acids is 1. The Morgan fingerprint density at radius 3 is 2.58 bits per heavy atom. The molecule has 4 aromatic rings. The van der Waals surface area contributed by atoms with Crippen molar-refractivity contribution in [1.29, 1.82) is 0 Å². The fourth-order valence-electron chi connectivity index (χ4n) is 4.81. The van der Waals surface area contributed by atoms with E-state index in [-0.39, 0.29) is 13.0 Å². The molecule has 202 valence electrons. The summed E-state index contributed by atoms with van der Waals surface area (Å²) in [5.41, 5.74) is 7.93. The highest BCUT2D eigenvalue weighted by Gasteiger charge is 2.48. The van der Waals surface area contributed by atoms with Gasteiger partial charge in [-0.2, -0.15) is 0 Å². The molecular formula is C29H27N7O4. The molecule has 0 radical (unpaired) electrons. The summed E-state index contributed by atoms with van der Waals surface area (Å²) < 4.78 is 12.3. The van der Waals surface area contributed by atoms with E-state index in [9.17, 15) is 9.90 Å². The predicted octanol–water partition coefficient (Wildman–Crippen LogP) is 3.22. The number of benzene rings is 1. The first kappa shape index (κ1) is 26.7. The molecule has 3 unspecified atom stereocenters. The van der Waals surface area contributed by atoms with Gasteiger partial charge in [0.2, 0.25) is 0 Å². The van der Waals surface area contributed by atoms with Gasteiger partial charge in [0.25, 0.3) is 0 Å². The lowest BCUT2D eigenvalue weighted by atomic mass is 9.71. The van der Waals surface area contributed by atoms with Crippen molar-refractivity contribution in [1.82, 2.24) is 29.9 Å². The molecule has 3 N–H and O–H groups in total. The molecule has 0 fully saturated rings. The van der Waals surface area contributed by atoms with Crippen LogP contribution in [-0.2, 0) is 21.7 Å². The molecule has 3 aromatic heterocycles. The minimum Gasteiger partial charge on any atom is -0.496 e. The van der Waals surface area contributed by atoms with Crippen molar-refractivity contribution in [3.05, 3.63) is 109 Å². The van der Waals surface area contributed by atoms with Crippen LogP contribution in [0.2, 0.25) is 0 Å². The number of allylic oxidation sites excluding steroid dienone is 2. The molecule has 0 saturated carbocycles. The van der Waals surface area contributed by atoms with Crippen molar-refractivity contribution in [2.75, 3.05) is 7.11 Å². The quantitative estimate of drug-likeness (QED) is 0.306. The molecule has 3 atom stereocenters. The average Bonchev–Trinajstić information content (AvgIpc) is 3.01. The molecule has 3 heterocycles. The van der Waals surface area contributed by atoms with Gasteiger partial charge in [0.15, 0.2) is 5.82 Å². The van der Waals surface area contributed by atoms with Crippen molar-refractivity contribution in [3.8, 4) is 17.1 Å². The average molecular weight is 538 g/mol. The Bertz CT molecular complexity index is 1530. The van der Waals surface area contributed by atoms with Crippen LogP contribution in [-0.4, -0.2) is 54.1 Å². The minimum absolute atomic E-state index is 0.0454. The lowest BCUT2D eigenvalue weighted by molar-refractivity contribution is -0.139. The number of hydrogen-bond acceptors (Lipinski definition) is 10. The second-order valence-corrected chi connectivity index (χ2v) is 9.04. The number of rotatable bonds is 10. The number of carbonyl (C=O) groups is 1. The maximum absolute atomic E-state index is 11.8. The van der Waals surface area contributed by atoms with Gasteiger partial charge >= 0.3 is 5.97 Å². The number of methoxy groups -OCH3 is 1. The number of aliphatic carboxylic acids is 1. The van der Waals surface area contributed by atoms with Crippen LogP contribution in [0.25, 0.3) is 17.0 Å².